The molecule has 0 unspecified atom stereocenters. The Hall–Kier alpha value is -0.653. The van der Waals surface area contributed by atoms with Gasteiger partial charge in [0.25, 0.3) is 10.1 Å². The van der Waals surface area contributed by atoms with Crippen LogP contribution in [0.25, 0.3) is 0 Å². The van der Waals surface area contributed by atoms with E-state index in [1.54, 1.807) is 25.1 Å². The summed E-state index contributed by atoms with van der Waals surface area (Å²) < 4.78 is 29.2. The maximum absolute atomic E-state index is 12.1. The molecule has 0 bridgehead atoms. The molecule has 0 aliphatic rings. The Bertz CT molecular complexity index is 533. The molecule has 0 saturated carbocycles. The van der Waals surface area contributed by atoms with E-state index in [1.165, 1.54) is 12.5 Å². The SMILES string of the molecule is Cc1ccccc1S(=O)(=O)OCCCCCC[Si](C)(C)C. The van der Waals surface area contributed by atoms with Gasteiger partial charge in [-0.25, -0.2) is 0 Å². The van der Waals surface area contributed by atoms with Crippen LogP contribution in [-0.4, -0.2) is 23.1 Å². The van der Waals surface area contributed by atoms with E-state index >= 15 is 0 Å². The third-order valence-electron chi connectivity index (χ3n) is 3.42. The van der Waals surface area contributed by atoms with Crippen LogP contribution < -0.4 is 0 Å². The minimum absolute atomic E-state index is 0.281. The Kier molecular flexibility index (Phi) is 7.10. The van der Waals surface area contributed by atoms with Crippen LogP contribution in [0.3, 0.4) is 0 Å². The van der Waals surface area contributed by atoms with Crippen molar-refractivity contribution in [3.8, 4) is 0 Å². The third-order valence-corrected chi connectivity index (χ3v) is 6.75. The summed E-state index contributed by atoms with van der Waals surface area (Å²) in [6.07, 6.45) is 4.25. The van der Waals surface area contributed by atoms with E-state index in [-0.39, 0.29) is 11.5 Å². The maximum Gasteiger partial charge on any atom is 0.297 e. The van der Waals surface area contributed by atoms with Gasteiger partial charge < -0.3 is 0 Å². The van der Waals surface area contributed by atoms with Crippen molar-refractivity contribution < 1.29 is 12.6 Å². The van der Waals surface area contributed by atoms with E-state index in [1.807, 2.05) is 6.07 Å². The number of benzene rings is 1. The summed E-state index contributed by atoms with van der Waals surface area (Å²) in [6, 6.07) is 8.27. The molecule has 0 aliphatic heterocycles. The minimum atomic E-state index is -3.60. The smallest absolute Gasteiger partial charge is 0.266 e. The molecule has 0 N–H and O–H groups in total. The summed E-state index contributed by atoms with van der Waals surface area (Å²) in [6.45, 7) is 9.21. The highest BCUT2D eigenvalue weighted by Crippen LogP contribution is 2.18. The molecule has 0 radical (unpaired) electrons. The topological polar surface area (TPSA) is 43.4 Å². The quantitative estimate of drug-likeness (QED) is 0.378. The van der Waals surface area contributed by atoms with Gasteiger partial charge in [0, 0.05) is 8.07 Å². The van der Waals surface area contributed by atoms with Gasteiger partial charge >= 0.3 is 0 Å². The van der Waals surface area contributed by atoms with Crippen molar-refractivity contribution in [3.63, 3.8) is 0 Å². The molecule has 0 atom stereocenters. The van der Waals surface area contributed by atoms with Gasteiger partial charge in [-0.15, -0.1) is 0 Å². The van der Waals surface area contributed by atoms with Gasteiger partial charge in [-0.2, -0.15) is 8.42 Å². The molecule has 1 aromatic carbocycles. The highest BCUT2D eigenvalue weighted by Gasteiger charge is 2.17. The zero-order chi connectivity index (χ0) is 15.9. The van der Waals surface area contributed by atoms with Crippen molar-refractivity contribution in [1.82, 2.24) is 0 Å². The summed E-state index contributed by atoms with van der Waals surface area (Å²) >= 11 is 0. The van der Waals surface area contributed by atoms with E-state index in [2.05, 4.69) is 19.6 Å². The first-order valence-electron chi connectivity index (χ1n) is 7.67. The zero-order valence-electron chi connectivity index (χ0n) is 13.7. The lowest BCUT2D eigenvalue weighted by Crippen LogP contribution is -2.18. The summed E-state index contributed by atoms with van der Waals surface area (Å²) in [4.78, 5) is 0.281. The normalized spacial score (nSPS) is 12.6. The Balaban J connectivity index is 2.28. The molecular formula is C16H28O3SSi. The molecule has 120 valence electrons. The maximum atomic E-state index is 12.1. The van der Waals surface area contributed by atoms with Gasteiger partial charge in [-0.3, -0.25) is 4.18 Å². The van der Waals surface area contributed by atoms with Crippen LogP contribution in [0.15, 0.2) is 29.2 Å². The zero-order valence-corrected chi connectivity index (χ0v) is 15.5. The van der Waals surface area contributed by atoms with Crippen molar-refractivity contribution in [2.75, 3.05) is 6.61 Å². The summed E-state index contributed by atoms with van der Waals surface area (Å²) in [5.74, 6) is 0. The number of hydrogen-bond donors (Lipinski definition) is 0. The molecule has 21 heavy (non-hydrogen) atoms. The molecule has 1 rings (SSSR count). The molecule has 0 spiro atoms. The average molecular weight is 329 g/mol. The van der Waals surface area contributed by atoms with Crippen LogP contribution in [0.4, 0.5) is 0 Å². The van der Waals surface area contributed by atoms with E-state index in [0.717, 1.165) is 24.8 Å². The third kappa shape index (κ3) is 7.25. The highest BCUT2D eigenvalue weighted by atomic mass is 32.2. The van der Waals surface area contributed by atoms with Crippen LogP contribution in [0.1, 0.15) is 31.2 Å². The molecule has 0 aromatic heterocycles. The molecule has 0 saturated heterocycles. The molecule has 3 nitrogen and oxygen atoms in total. The fourth-order valence-electron chi connectivity index (χ4n) is 2.18. The highest BCUT2D eigenvalue weighted by molar-refractivity contribution is 7.86. The molecule has 0 amide bonds. The van der Waals surface area contributed by atoms with E-state index < -0.39 is 18.2 Å². The Morgan fingerprint density at radius 1 is 1.00 bits per heavy atom. The van der Waals surface area contributed by atoms with E-state index in [0.29, 0.717) is 0 Å². The van der Waals surface area contributed by atoms with Crippen LogP contribution in [0, 0.1) is 6.92 Å². The van der Waals surface area contributed by atoms with Crippen molar-refractivity contribution in [3.05, 3.63) is 29.8 Å². The fourth-order valence-corrected chi connectivity index (χ4v) is 4.66. The van der Waals surface area contributed by atoms with Gasteiger partial charge in [-0.1, -0.05) is 63.1 Å². The van der Waals surface area contributed by atoms with Crippen LogP contribution in [-0.2, 0) is 14.3 Å². The number of rotatable bonds is 9. The summed E-state index contributed by atoms with van der Waals surface area (Å²) in [5.41, 5.74) is 0.729. The van der Waals surface area contributed by atoms with E-state index in [4.69, 9.17) is 4.18 Å². The first-order valence-corrected chi connectivity index (χ1v) is 12.8. The second-order valence-corrected chi connectivity index (χ2v) is 14.0. The molecule has 0 heterocycles. The molecule has 0 aliphatic carbocycles. The summed E-state index contributed by atoms with van der Waals surface area (Å²) in [7, 11) is -4.53. The second kappa shape index (κ2) is 8.10. The van der Waals surface area contributed by atoms with Crippen molar-refractivity contribution in [2.24, 2.45) is 0 Å². The predicted molar refractivity (Wildman–Crippen MR) is 90.9 cm³/mol. The van der Waals surface area contributed by atoms with Gasteiger partial charge in [-0.05, 0) is 25.0 Å². The lowest BCUT2D eigenvalue weighted by molar-refractivity contribution is 0.306. The largest absolute Gasteiger partial charge is 0.297 e. The van der Waals surface area contributed by atoms with Gasteiger partial charge in [0.2, 0.25) is 0 Å². The van der Waals surface area contributed by atoms with Crippen LogP contribution >= 0.6 is 0 Å². The first kappa shape index (κ1) is 18.4. The lowest BCUT2D eigenvalue weighted by atomic mass is 10.2. The molecule has 0 fully saturated rings. The van der Waals surface area contributed by atoms with Gasteiger partial charge in [0.05, 0.1) is 11.5 Å². The van der Waals surface area contributed by atoms with Crippen LogP contribution in [0.2, 0.25) is 25.7 Å². The molecular weight excluding hydrogens is 300 g/mol. The standard InChI is InChI=1S/C16H28O3SSi/c1-15-11-7-8-12-16(15)20(17,18)19-13-9-5-6-10-14-21(2,3)4/h7-8,11-12H,5-6,9-10,13-14H2,1-4H3. The van der Waals surface area contributed by atoms with E-state index in [9.17, 15) is 8.42 Å². The number of aryl methyl sites for hydroxylation is 1. The minimum Gasteiger partial charge on any atom is -0.266 e. The average Bonchev–Trinajstić information content (AvgIpc) is 2.36. The predicted octanol–water partition coefficient (Wildman–Crippen LogP) is 4.60. The Morgan fingerprint density at radius 2 is 1.62 bits per heavy atom. The van der Waals surface area contributed by atoms with Crippen molar-refractivity contribution in [2.45, 2.75) is 63.2 Å². The van der Waals surface area contributed by atoms with Crippen molar-refractivity contribution in [1.29, 1.82) is 0 Å². The second-order valence-electron chi connectivity index (χ2n) is 6.77. The molecule has 5 heteroatoms. The number of hydrogen-bond acceptors (Lipinski definition) is 3. The fraction of sp³-hybridized carbons (Fsp3) is 0.625. The van der Waals surface area contributed by atoms with Gasteiger partial charge in [0.15, 0.2) is 0 Å². The van der Waals surface area contributed by atoms with Gasteiger partial charge in [0.1, 0.15) is 0 Å². The monoisotopic (exact) mass is 328 g/mol. The van der Waals surface area contributed by atoms with Crippen molar-refractivity contribution >= 4 is 18.2 Å². The number of unbranched alkanes of at least 4 members (excludes halogenated alkanes) is 3. The summed E-state index contributed by atoms with van der Waals surface area (Å²) in [5, 5.41) is 0. The Labute approximate surface area is 130 Å². The van der Waals surface area contributed by atoms with Crippen LogP contribution in [0.5, 0.6) is 0 Å². The molecule has 1 aromatic rings. The first-order chi connectivity index (χ1) is 9.72. The Morgan fingerprint density at radius 3 is 2.24 bits per heavy atom. The lowest BCUT2D eigenvalue weighted by Gasteiger charge is -2.14.